The third-order valence-electron chi connectivity index (χ3n) is 5.48. The first-order valence-electron chi connectivity index (χ1n) is 10.3. The van der Waals surface area contributed by atoms with Crippen LogP contribution in [0.4, 0.5) is 0 Å². The number of nitrogens with zero attached hydrogens (tertiary/aromatic N) is 2. The van der Waals surface area contributed by atoms with Crippen molar-refractivity contribution in [3.8, 4) is 0 Å². The molecule has 2 N–H and O–H groups in total. The Bertz CT molecular complexity index is 642. The number of hydrogen-bond donors (Lipinski definition) is 2. The SMILES string of the molecule is C/C(=C\[C@H](C(C)C)N(C)C(=O)[C@@H](NC(=O)C1CCCCN1P)C(C)(C)C)C(=O)O. The van der Waals surface area contributed by atoms with Crippen LogP contribution in [0.1, 0.15) is 60.8 Å². The first-order chi connectivity index (χ1) is 13.3. The van der Waals surface area contributed by atoms with Gasteiger partial charge in [0, 0.05) is 19.2 Å². The minimum absolute atomic E-state index is 0.0236. The van der Waals surface area contributed by atoms with Gasteiger partial charge in [-0.15, -0.1) is 0 Å². The summed E-state index contributed by atoms with van der Waals surface area (Å²) in [5.41, 5.74) is -0.297. The number of hydrogen-bond acceptors (Lipinski definition) is 4. The van der Waals surface area contributed by atoms with Gasteiger partial charge in [0.25, 0.3) is 0 Å². The third-order valence-corrected chi connectivity index (χ3v) is 6.10. The van der Waals surface area contributed by atoms with E-state index in [-0.39, 0.29) is 35.4 Å². The predicted octanol–water partition coefficient (Wildman–Crippen LogP) is 2.68. The second kappa shape index (κ2) is 10.5. The second-order valence-corrected chi connectivity index (χ2v) is 10.1. The van der Waals surface area contributed by atoms with Gasteiger partial charge >= 0.3 is 5.97 Å². The van der Waals surface area contributed by atoms with Crippen molar-refractivity contribution < 1.29 is 19.5 Å². The highest BCUT2D eigenvalue weighted by Crippen LogP contribution is 2.26. The molecular weight excluding hydrogens is 389 g/mol. The predicted molar refractivity (Wildman–Crippen MR) is 118 cm³/mol. The van der Waals surface area contributed by atoms with Crippen molar-refractivity contribution in [3.63, 3.8) is 0 Å². The molecule has 1 rings (SSSR count). The van der Waals surface area contributed by atoms with E-state index in [1.807, 2.05) is 39.3 Å². The average Bonchev–Trinajstić information content (AvgIpc) is 2.61. The van der Waals surface area contributed by atoms with Crippen LogP contribution in [0.25, 0.3) is 0 Å². The van der Waals surface area contributed by atoms with Crippen molar-refractivity contribution >= 4 is 27.2 Å². The smallest absolute Gasteiger partial charge is 0.331 e. The van der Waals surface area contributed by atoms with Crippen LogP contribution in [0.5, 0.6) is 0 Å². The van der Waals surface area contributed by atoms with Crippen molar-refractivity contribution in [1.29, 1.82) is 0 Å². The highest BCUT2D eigenvalue weighted by atomic mass is 31.0. The van der Waals surface area contributed by atoms with Gasteiger partial charge in [-0.3, -0.25) is 14.3 Å². The van der Waals surface area contributed by atoms with Gasteiger partial charge in [0.1, 0.15) is 6.04 Å². The molecule has 8 heteroatoms. The molecular formula is C21H38N3O4P. The Kier molecular flexibility index (Phi) is 9.29. The molecule has 0 saturated carbocycles. The molecule has 4 atom stereocenters. The van der Waals surface area contributed by atoms with E-state index < -0.39 is 17.4 Å². The molecule has 2 amide bonds. The lowest BCUT2D eigenvalue weighted by molar-refractivity contribution is -0.141. The molecule has 0 radical (unpaired) electrons. The number of carboxylic acids is 1. The fourth-order valence-electron chi connectivity index (χ4n) is 3.55. The van der Waals surface area contributed by atoms with Crippen LogP contribution < -0.4 is 5.32 Å². The monoisotopic (exact) mass is 427 g/mol. The summed E-state index contributed by atoms with van der Waals surface area (Å²) in [6, 6.07) is -1.35. The summed E-state index contributed by atoms with van der Waals surface area (Å²) in [4.78, 5) is 39.2. The van der Waals surface area contributed by atoms with Crippen LogP contribution in [-0.2, 0) is 14.4 Å². The lowest BCUT2D eigenvalue weighted by Crippen LogP contribution is -2.59. The summed E-state index contributed by atoms with van der Waals surface area (Å²) in [6.07, 6.45) is 4.43. The summed E-state index contributed by atoms with van der Waals surface area (Å²) in [7, 11) is 4.29. The summed E-state index contributed by atoms with van der Waals surface area (Å²) in [5.74, 6) is -1.34. The Morgan fingerprint density at radius 2 is 1.83 bits per heavy atom. The van der Waals surface area contributed by atoms with Gasteiger partial charge < -0.3 is 15.3 Å². The van der Waals surface area contributed by atoms with Gasteiger partial charge in [0.2, 0.25) is 11.8 Å². The fraction of sp³-hybridized carbons (Fsp3) is 0.762. The molecule has 0 aromatic carbocycles. The van der Waals surface area contributed by atoms with Crippen LogP contribution in [0.3, 0.4) is 0 Å². The van der Waals surface area contributed by atoms with Crippen LogP contribution in [0, 0.1) is 11.3 Å². The summed E-state index contributed by atoms with van der Waals surface area (Å²) < 4.78 is 1.96. The van der Waals surface area contributed by atoms with Crippen LogP contribution >= 0.6 is 9.39 Å². The Morgan fingerprint density at radius 3 is 2.28 bits per heavy atom. The van der Waals surface area contributed by atoms with Gasteiger partial charge in [-0.25, -0.2) is 4.79 Å². The maximum absolute atomic E-state index is 13.4. The first-order valence-corrected chi connectivity index (χ1v) is 10.8. The molecule has 0 spiro atoms. The molecule has 1 fully saturated rings. The third kappa shape index (κ3) is 7.07. The van der Waals surface area contributed by atoms with Crippen molar-refractivity contribution in [2.24, 2.45) is 11.3 Å². The molecule has 0 aliphatic carbocycles. The minimum Gasteiger partial charge on any atom is -0.478 e. The number of carboxylic acid groups (broad SMARTS) is 1. The zero-order chi connectivity index (χ0) is 22.5. The van der Waals surface area contributed by atoms with Gasteiger partial charge in [-0.2, -0.15) is 0 Å². The summed E-state index contributed by atoms with van der Waals surface area (Å²) >= 11 is 0. The molecule has 166 valence electrons. The molecule has 2 unspecified atom stereocenters. The molecule has 1 aliphatic heterocycles. The molecule has 0 aromatic rings. The maximum Gasteiger partial charge on any atom is 0.331 e. The molecule has 1 saturated heterocycles. The van der Waals surface area contributed by atoms with Gasteiger partial charge in [0.05, 0.1) is 12.1 Å². The Hall–Kier alpha value is -1.46. The van der Waals surface area contributed by atoms with Crippen LogP contribution in [0.15, 0.2) is 11.6 Å². The number of nitrogens with one attached hydrogen (secondary N) is 1. The fourth-order valence-corrected chi connectivity index (χ4v) is 4.02. The van der Waals surface area contributed by atoms with Crippen LogP contribution in [0.2, 0.25) is 0 Å². The van der Waals surface area contributed by atoms with Gasteiger partial charge in [0.15, 0.2) is 0 Å². The number of rotatable bonds is 7. The van der Waals surface area contributed by atoms with Gasteiger partial charge in [-0.1, -0.05) is 56.5 Å². The molecule has 0 aromatic heterocycles. The quantitative estimate of drug-likeness (QED) is 0.482. The van der Waals surface area contributed by atoms with E-state index in [1.165, 1.54) is 6.92 Å². The second-order valence-electron chi connectivity index (χ2n) is 9.40. The molecule has 29 heavy (non-hydrogen) atoms. The van der Waals surface area contributed by atoms with Crippen LogP contribution in [-0.4, -0.2) is 64.2 Å². The van der Waals surface area contributed by atoms with E-state index >= 15 is 0 Å². The van der Waals surface area contributed by atoms with Crippen molar-refractivity contribution in [2.45, 2.75) is 78.9 Å². The number of amides is 2. The first kappa shape index (κ1) is 25.6. The van der Waals surface area contributed by atoms with Crippen molar-refractivity contribution in [2.75, 3.05) is 13.6 Å². The molecule has 1 heterocycles. The molecule has 1 aliphatic rings. The zero-order valence-corrected chi connectivity index (χ0v) is 20.0. The van der Waals surface area contributed by atoms with Crippen molar-refractivity contribution in [3.05, 3.63) is 11.6 Å². The normalized spacial score (nSPS) is 20.9. The Labute approximate surface area is 177 Å². The van der Waals surface area contributed by atoms with E-state index in [2.05, 4.69) is 14.7 Å². The highest BCUT2D eigenvalue weighted by Gasteiger charge is 2.39. The van der Waals surface area contributed by atoms with E-state index in [0.717, 1.165) is 25.8 Å². The van der Waals surface area contributed by atoms with Crippen molar-refractivity contribution in [1.82, 2.24) is 14.9 Å². The van der Waals surface area contributed by atoms with E-state index in [0.29, 0.717) is 0 Å². The Balaban J connectivity index is 3.10. The van der Waals surface area contributed by atoms with Gasteiger partial charge in [-0.05, 0) is 31.1 Å². The molecule has 0 bridgehead atoms. The summed E-state index contributed by atoms with van der Waals surface area (Å²) in [5, 5.41) is 12.2. The lowest BCUT2D eigenvalue weighted by Gasteiger charge is -2.39. The number of aliphatic carboxylic acids is 1. The summed E-state index contributed by atoms with van der Waals surface area (Å²) in [6.45, 7) is 12.0. The molecule has 7 nitrogen and oxygen atoms in total. The van der Waals surface area contributed by atoms with E-state index in [1.54, 1.807) is 18.0 Å². The topological polar surface area (TPSA) is 90.0 Å². The van der Waals surface area contributed by atoms with E-state index in [9.17, 15) is 19.5 Å². The standard InChI is InChI=1S/C21H38N3O4P/c1-13(2)16(12-14(3)20(27)28)23(7)19(26)17(21(4,5)6)22-18(25)15-10-8-9-11-24(15)29/h12-13,15-17H,8-11,29H2,1-7H3,(H,22,25)(H,27,28)/b14-12+/t15?,16-,17-/m1/s1. The van der Waals surface area contributed by atoms with E-state index in [4.69, 9.17) is 0 Å². The Morgan fingerprint density at radius 1 is 1.24 bits per heavy atom. The maximum atomic E-state index is 13.4. The highest BCUT2D eigenvalue weighted by molar-refractivity contribution is 7.13. The number of piperidine rings is 1. The largest absolute Gasteiger partial charge is 0.478 e. The zero-order valence-electron chi connectivity index (χ0n) is 18.9. The number of carbonyl (C=O) groups excluding carboxylic acids is 2. The average molecular weight is 428 g/mol. The number of likely N-dealkylation sites (N-methyl/N-ethyl adjacent to an activating group) is 1. The number of carbonyl (C=O) groups is 3. The minimum atomic E-state index is -1.00. The lowest BCUT2D eigenvalue weighted by atomic mass is 9.84.